The van der Waals surface area contributed by atoms with Gasteiger partial charge in [0.2, 0.25) is 0 Å². The van der Waals surface area contributed by atoms with Crippen LogP contribution in [-0.2, 0) is 6.18 Å². The van der Waals surface area contributed by atoms with Crippen LogP contribution in [0.15, 0.2) is 12.1 Å². The van der Waals surface area contributed by atoms with Crippen molar-refractivity contribution >= 4 is 11.7 Å². The van der Waals surface area contributed by atoms with E-state index in [4.69, 9.17) is 10.8 Å². The molecule has 1 aromatic rings. The lowest BCUT2D eigenvalue weighted by molar-refractivity contribution is -0.141. The number of carbonyl (C=O) groups is 1. The van der Waals surface area contributed by atoms with Gasteiger partial charge in [0.15, 0.2) is 0 Å². The molecule has 21 heavy (non-hydrogen) atoms. The fraction of sp³-hybridized carbons (Fsp3) is 0.538. The third kappa shape index (κ3) is 3.44. The predicted octanol–water partition coefficient (Wildman–Crippen LogP) is 1.41. The van der Waals surface area contributed by atoms with Crippen molar-refractivity contribution in [2.75, 3.05) is 24.6 Å². The van der Waals surface area contributed by atoms with Gasteiger partial charge in [-0.25, -0.2) is 4.98 Å². The van der Waals surface area contributed by atoms with E-state index in [1.807, 2.05) is 0 Å². The number of pyridine rings is 1. The number of rotatable bonds is 4. The van der Waals surface area contributed by atoms with Gasteiger partial charge in [0, 0.05) is 19.7 Å². The Kier molecular flexibility index (Phi) is 4.36. The maximum absolute atomic E-state index is 12.8. The molecule has 1 saturated heterocycles. The number of anilines is 1. The highest BCUT2D eigenvalue weighted by atomic mass is 19.4. The molecule has 1 aromatic heterocycles. The molecule has 8 heteroatoms. The summed E-state index contributed by atoms with van der Waals surface area (Å²) in [5.74, 6) is -0.665. The third-order valence-electron chi connectivity index (χ3n) is 3.55. The summed E-state index contributed by atoms with van der Waals surface area (Å²) in [6, 6.07) is 1.82. The molecule has 1 aliphatic heterocycles. The number of amides is 1. The molecule has 0 spiro atoms. The molecule has 0 radical (unpaired) electrons. The topological polar surface area (TPSA) is 79.5 Å². The minimum absolute atomic E-state index is 0.0207. The van der Waals surface area contributed by atoms with Crippen LogP contribution < -0.4 is 10.6 Å². The molecule has 0 saturated carbocycles. The van der Waals surface area contributed by atoms with Gasteiger partial charge in [-0.2, -0.15) is 13.2 Å². The van der Waals surface area contributed by atoms with Crippen molar-refractivity contribution in [1.29, 1.82) is 0 Å². The van der Waals surface area contributed by atoms with Crippen LogP contribution in [-0.4, -0.2) is 35.7 Å². The van der Waals surface area contributed by atoms with Crippen LogP contribution in [0.2, 0.25) is 0 Å². The van der Waals surface area contributed by atoms with Crippen molar-refractivity contribution in [1.82, 2.24) is 4.98 Å². The largest absolute Gasteiger partial charge is 0.433 e. The Balaban J connectivity index is 2.34. The third-order valence-corrected chi connectivity index (χ3v) is 3.55. The van der Waals surface area contributed by atoms with Gasteiger partial charge in [0.05, 0.1) is 5.56 Å². The molecular formula is C13H16F3N3O2. The van der Waals surface area contributed by atoms with E-state index in [2.05, 4.69) is 4.98 Å². The summed E-state index contributed by atoms with van der Waals surface area (Å²) >= 11 is 0. The summed E-state index contributed by atoms with van der Waals surface area (Å²) in [7, 11) is 0. The molecule has 0 aliphatic carbocycles. The monoisotopic (exact) mass is 303 g/mol. The molecule has 1 fully saturated rings. The second-order valence-corrected chi connectivity index (χ2v) is 5.04. The zero-order valence-corrected chi connectivity index (χ0v) is 11.2. The molecule has 1 atom stereocenters. The van der Waals surface area contributed by atoms with Gasteiger partial charge in [-0.1, -0.05) is 0 Å². The van der Waals surface area contributed by atoms with Gasteiger partial charge in [-0.15, -0.1) is 0 Å². The van der Waals surface area contributed by atoms with E-state index >= 15 is 0 Å². The number of hydrogen-bond donors (Lipinski definition) is 2. The smallest absolute Gasteiger partial charge is 0.396 e. The minimum Gasteiger partial charge on any atom is -0.396 e. The molecule has 116 valence electrons. The van der Waals surface area contributed by atoms with Crippen LogP contribution in [0.1, 0.15) is 28.9 Å². The number of aliphatic hydroxyl groups excluding tert-OH is 1. The van der Waals surface area contributed by atoms with Crippen molar-refractivity contribution in [3.05, 3.63) is 23.4 Å². The molecule has 1 amide bonds. The first-order valence-corrected chi connectivity index (χ1v) is 6.56. The van der Waals surface area contributed by atoms with Crippen molar-refractivity contribution < 1.29 is 23.1 Å². The van der Waals surface area contributed by atoms with Crippen molar-refractivity contribution in [2.24, 2.45) is 11.7 Å². The Hall–Kier alpha value is -1.83. The molecule has 3 N–H and O–H groups in total. The average molecular weight is 303 g/mol. The van der Waals surface area contributed by atoms with Crippen LogP contribution in [0.5, 0.6) is 0 Å². The van der Waals surface area contributed by atoms with Gasteiger partial charge in [-0.05, 0) is 30.9 Å². The number of nitrogens with two attached hydrogens (primary N) is 1. The van der Waals surface area contributed by atoms with Crippen molar-refractivity contribution in [2.45, 2.75) is 19.0 Å². The van der Waals surface area contributed by atoms with E-state index in [-0.39, 0.29) is 23.9 Å². The van der Waals surface area contributed by atoms with Gasteiger partial charge in [0.1, 0.15) is 11.5 Å². The van der Waals surface area contributed by atoms with Crippen LogP contribution in [0.4, 0.5) is 19.0 Å². The lowest BCUT2D eigenvalue weighted by atomic mass is 10.1. The van der Waals surface area contributed by atoms with Gasteiger partial charge in [-0.3, -0.25) is 4.79 Å². The van der Waals surface area contributed by atoms with E-state index in [0.29, 0.717) is 19.5 Å². The van der Waals surface area contributed by atoms with E-state index < -0.39 is 17.8 Å². The number of hydrogen-bond acceptors (Lipinski definition) is 4. The zero-order valence-electron chi connectivity index (χ0n) is 11.2. The van der Waals surface area contributed by atoms with Crippen LogP contribution in [0.25, 0.3) is 0 Å². The number of primary amides is 1. The average Bonchev–Trinajstić information content (AvgIpc) is 2.86. The summed E-state index contributed by atoms with van der Waals surface area (Å²) in [5.41, 5.74) is 4.14. The highest BCUT2D eigenvalue weighted by Crippen LogP contribution is 2.32. The van der Waals surface area contributed by atoms with Crippen LogP contribution in [0, 0.1) is 5.92 Å². The Bertz CT molecular complexity index is 534. The fourth-order valence-electron chi connectivity index (χ4n) is 2.48. The van der Waals surface area contributed by atoms with Crippen LogP contribution in [0.3, 0.4) is 0 Å². The molecular weight excluding hydrogens is 287 g/mol. The number of carbonyl (C=O) groups excluding carboxylic acids is 1. The number of halogens is 3. The summed E-state index contributed by atoms with van der Waals surface area (Å²) in [4.78, 5) is 16.6. The summed E-state index contributed by atoms with van der Waals surface area (Å²) in [6.45, 7) is 0.964. The molecule has 2 rings (SSSR count). The molecule has 2 heterocycles. The second-order valence-electron chi connectivity index (χ2n) is 5.04. The lowest BCUT2D eigenvalue weighted by Gasteiger charge is -2.21. The minimum atomic E-state index is -4.57. The first kappa shape index (κ1) is 15.6. The first-order chi connectivity index (χ1) is 9.82. The van der Waals surface area contributed by atoms with Crippen molar-refractivity contribution in [3.63, 3.8) is 0 Å². The van der Waals surface area contributed by atoms with Gasteiger partial charge >= 0.3 is 6.18 Å². The van der Waals surface area contributed by atoms with E-state index in [0.717, 1.165) is 18.6 Å². The number of alkyl halides is 3. The highest BCUT2D eigenvalue weighted by molar-refractivity contribution is 5.97. The summed E-state index contributed by atoms with van der Waals surface area (Å²) < 4.78 is 38.3. The fourth-order valence-corrected chi connectivity index (χ4v) is 2.48. The zero-order chi connectivity index (χ0) is 15.6. The van der Waals surface area contributed by atoms with Crippen molar-refractivity contribution in [3.8, 4) is 0 Å². The van der Waals surface area contributed by atoms with Gasteiger partial charge in [0.25, 0.3) is 5.91 Å². The Morgan fingerprint density at radius 2 is 2.19 bits per heavy atom. The standard InChI is InChI=1S/C13H16F3N3O2/c14-13(15,16)10-2-1-9(11(17)21)12(18-10)19-5-3-8(7-19)4-6-20/h1-2,8,20H,3-7H2,(H2,17,21). The lowest BCUT2D eigenvalue weighted by Crippen LogP contribution is -2.27. The molecule has 0 bridgehead atoms. The van der Waals surface area contributed by atoms with E-state index in [9.17, 15) is 18.0 Å². The molecule has 1 aliphatic rings. The normalized spacial score (nSPS) is 19.0. The second kappa shape index (κ2) is 5.88. The number of nitrogens with zero attached hydrogens (tertiary/aromatic N) is 2. The molecule has 5 nitrogen and oxygen atoms in total. The SMILES string of the molecule is NC(=O)c1ccc(C(F)(F)F)nc1N1CCC(CCO)C1. The van der Waals surface area contributed by atoms with Crippen LogP contribution >= 0.6 is 0 Å². The first-order valence-electron chi connectivity index (χ1n) is 6.56. The van der Waals surface area contributed by atoms with E-state index in [1.165, 1.54) is 0 Å². The maximum atomic E-state index is 12.8. The predicted molar refractivity (Wildman–Crippen MR) is 69.8 cm³/mol. The highest BCUT2D eigenvalue weighted by Gasteiger charge is 2.35. The molecule has 0 aromatic carbocycles. The quantitative estimate of drug-likeness (QED) is 0.881. The summed E-state index contributed by atoms with van der Waals surface area (Å²) in [6.07, 6.45) is -3.27. The number of aliphatic hydroxyl groups is 1. The Morgan fingerprint density at radius 3 is 2.76 bits per heavy atom. The Morgan fingerprint density at radius 1 is 1.48 bits per heavy atom. The summed E-state index contributed by atoms with van der Waals surface area (Å²) in [5, 5.41) is 8.92. The van der Waals surface area contributed by atoms with E-state index in [1.54, 1.807) is 4.90 Å². The molecule has 1 unspecified atom stereocenters. The maximum Gasteiger partial charge on any atom is 0.433 e. The number of aromatic nitrogens is 1. The van der Waals surface area contributed by atoms with Gasteiger partial charge < -0.3 is 15.7 Å². The Labute approximate surface area is 119 Å².